The van der Waals surface area contributed by atoms with Crippen molar-refractivity contribution in [2.75, 3.05) is 6.54 Å². The molecule has 0 unspecified atom stereocenters. The third-order valence-corrected chi connectivity index (χ3v) is 3.61. The molecule has 0 bridgehead atoms. The minimum Gasteiger partial charge on any atom is -0.292 e. The maximum absolute atomic E-state index is 4.29. The first-order valence-corrected chi connectivity index (χ1v) is 5.98. The van der Waals surface area contributed by atoms with Gasteiger partial charge in [-0.25, -0.2) is 0 Å². The molecule has 2 aromatic rings. The molecule has 1 aromatic heterocycles. The van der Waals surface area contributed by atoms with Crippen molar-refractivity contribution in [2.24, 2.45) is 4.99 Å². The van der Waals surface area contributed by atoms with Gasteiger partial charge in [-0.2, -0.15) is 0 Å². The summed E-state index contributed by atoms with van der Waals surface area (Å²) in [4.78, 5) is 5.64. The monoisotopic (exact) mass is 213 g/mol. The zero-order valence-corrected chi connectivity index (χ0v) is 9.13. The Morgan fingerprint density at radius 3 is 3.07 bits per heavy atom. The molecule has 1 nitrogen and oxygen atoms in total. The van der Waals surface area contributed by atoms with Crippen LogP contribution in [0.1, 0.15) is 11.1 Å². The van der Waals surface area contributed by atoms with Gasteiger partial charge in [0.1, 0.15) is 0 Å². The molecule has 3 rings (SSSR count). The highest BCUT2D eigenvalue weighted by molar-refractivity contribution is 7.13. The lowest BCUT2D eigenvalue weighted by Gasteiger charge is -2.10. The Morgan fingerprint density at radius 2 is 2.20 bits per heavy atom. The van der Waals surface area contributed by atoms with Crippen molar-refractivity contribution in [3.63, 3.8) is 0 Å². The van der Waals surface area contributed by atoms with Gasteiger partial charge in [-0.1, -0.05) is 18.2 Å². The molecule has 0 saturated carbocycles. The van der Waals surface area contributed by atoms with Gasteiger partial charge in [0.15, 0.2) is 0 Å². The Balaban J connectivity index is 2.09. The fourth-order valence-corrected chi connectivity index (χ4v) is 2.62. The van der Waals surface area contributed by atoms with E-state index >= 15 is 0 Å². The SMILES string of the molecule is C1=NCCc2cc(-c3cccs3)ccc21. The molecule has 0 fully saturated rings. The number of hydrogen-bond acceptors (Lipinski definition) is 2. The quantitative estimate of drug-likeness (QED) is 0.688. The Morgan fingerprint density at radius 1 is 1.20 bits per heavy atom. The Labute approximate surface area is 93.1 Å². The maximum atomic E-state index is 4.29. The third kappa shape index (κ3) is 1.61. The molecule has 1 aliphatic rings. The number of thiophene rings is 1. The average Bonchev–Trinajstić information content (AvgIpc) is 2.82. The van der Waals surface area contributed by atoms with Crippen LogP contribution < -0.4 is 0 Å². The van der Waals surface area contributed by atoms with E-state index in [1.807, 2.05) is 6.21 Å². The molecule has 0 atom stereocenters. The smallest absolute Gasteiger partial charge is 0.0430 e. The van der Waals surface area contributed by atoms with Crippen LogP contribution in [0.25, 0.3) is 10.4 Å². The van der Waals surface area contributed by atoms with E-state index in [1.54, 1.807) is 11.3 Å². The van der Waals surface area contributed by atoms with Crippen molar-refractivity contribution < 1.29 is 0 Å². The van der Waals surface area contributed by atoms with Crippen LogP contribution in [-0.4, -0.2) is 12.8 Å². The number of benzene rings is 1. The van der Waals surface area contributed by atoms with Crippen LogP contribution in [0.15, 0.2) is 40.7 Å². The molecule has 1 aromatic carbocycles. The molecule has 0 amide bonds. The van der Waals surface area contributed by atoms with Gasteiger partial charge < -0.3 is 0 Å². The lowest BCUT2D eigenvalue weighted by Crippen LogP contribution is -2.02. The Kier molecular flexibility index (Phi) is 2.14. The van der Waals surface area contributed by atoms with E-state index in [0.717, 1.165) is 13.0 Å². The van der Waals surface area contributed by atoms with Gasteiger partial charge in [-0.05, 0) is 40.6 Å². The van der Waals surface area contributed by atoms with Gasteiger partial charge in [0.05, 0.1) is 0 Å². The summed E-state index contributed by atoms with van der Waals surface area (Å²) in [6, 6.07) is 10.9. The van der Waals surface area contributed by atoms with E-state index in [9.17, 15) is 0 Å². The van der Waals surface area contributed by atoms with Gasteiger partial charge in [-0.15, -0.1) is 11.3 Å². The third-order valence-electron chi connectivity index (χ3n) is 2.69. The maximum Gasteiger partial charge on any atom is 0.0430 e. The normalized spacial score (nSPS) is 13.9. The van der Waals surface area contributed by atoms with Crippen LogP contribution in [0, 0.1) is 0 Å². The predicted octanol–water partition coefficient (Wildman–Crippen LogP) is 3.39. The molecular formula is C13H11NS. The standard InChI is InChI=1S/C13H11NS/c1-2-13(15-7-1)11-3-4-12-9-14-6-5-10(12)8-11/h1-4,7-9H,5-6H2. The lowest BCUT2D eigenvalue weighted by atomic mass is 9.99. The number of hydrogen-bond donors (Lipinski definition) is 0. The molecule has 2 heterocycles. The summed E-state index contributed by atoms with van der Waals surface area (Å²) < 4.78 is 0. The van der Waals surface area contributed by atoms with Gasteiger partial charge in [-0.3, -0.25) is 4.99 Å². The summed E-state index contributed by atoms with van der Waals surface area (Å²) in [6.07, 6.45) is 3.06. The van der Waals surface area contributed by atoms with Crippen LogP contribution in [0.4, 0.5) is 0 Å². The van der Waals surface area contributed by atoms with Gasteiger partial charge >= 0.3 is 0 Å². The molecule has 0 saturated heterocycles. The summed E-state index contributed by atoms with van der Waals surface area (Å²) in [7, 11) is 0. The summed E-state index contributed by atoms with van der Waals surface area (Å²) in [5.41, 5.74) is 4.04. The fraction of sp³-hybridized carbons (Fsp3) is 0.154. The van der Waals surface area contributed by atoms with Crippen LogP contribution in [0.5, 0.6) is 0 Å². The van der Waals surface area contributed by atoms with Crippen LogP contribution in [0.2, 0.25) is 0 Å². The van der Waals surface area contributed by atoms with Crippen molar-refractivity contribution in [3.8, 4) is 10.4 Å². The number of rotatable bonds is 1. The van der Waals surface area contributed by atoms with Crippen molar-refractivity contribution >= 4 is 17.6 Å². The molecule has 0 N–H and O–H groups in total. The predicted molar refractivity (Wildman–Crippen MR) is 65.9 cm³/mol. The first kappa shape index (κ1) is 8.86. The molecule has 0 radical (unpaired) electrons. The minimum absolute atomic E-state index is 0.931. The largest absolute Gasteiger partial charge is 0.292 e. The fourth-order valence-electron chi connectivity index (χ4n) is 1.89. The van der Waals surface area contributed by atoms with Crippen molar-refractivity contribution in [3.05, 3.63) is 46.8 Å². The summed E-state index contributed by atoms with van der Waals surface area (Å²) in [6.45, 7) is 0.931. The van der Waals surface area contributed by atoms with Gasteiger partial charge in [0, 0.05) is 17.6 Å². The Hall–Kier alpha value is -1.41. The number of nitrogens with zero attached hydrogens (tertiary/aromatic N) is 1. The average molecular weight is 213 g/mol. The molecule has 0 spiro atoms. The highest BCUT2D eigenvalue weighted by Crippen LogP contribution is 2.27. The highest BCUT2D eigenvalue weighted by Gasteiger charge is 2.07. The lowest BCUT2D eigenvalue weighted by molar-refractivity contribution is 0.953. The molecule has 15 heavy (non-hydrogen) atoms. The number of fused-ring (bicyclic) bond motifs is 1. The second kappa shape index (κ2) is 3.63. The van der Waals surface area contributed by atoms with Crippen LogP contribution in [-0.2, 0) is 6.42 Å². The molecule has 2 heteroatoms. The Bertz CT molecular complexity index is 497. The molecule has 0 aliphatic carbocycles. The van der Waals surface area contributed by atoms with Crippen molar-refractivity contribution in [1.82, 2.24) is 0 Å². The molecule has 74 valence electrons. The summed E-state index contributed by atoms with van der Waals surface area (Å²) in [5, 5.41) is 2.12. The van der Waals surface area contributed by atoms with E-state index in [-0.39, 0.29) is 0 Å². The zero-order chi connectivity index (χ0) is 10.1. The van der Waals surface area contributed by atoms with Crippen LogP contribution >= 0.6 is 11.3 Å². The van der Waals surface area contributed by atoms with Crippen LogP contribution in [0.3, 0.4) is 0 Å². The first-order chi connectivity index (χ1) is 7.43. The van der Waals surface area contributed by atoms with E-state index in [2.05, 4.69) is 40.7 Å². The zero-order valence-electron chi connectivity index (χ0n) is 8.31. The second-order valence-corrected chi connectivity index (χ2v) is 4.62. The summed E-state index contributed by atoms with van der Waals surface area (Å²) >= 11 is 1.79. The molecule has 1 aliphatic heterocycles. The van der Waals surface area contributed by atoms with E-state index in [0.29, 0.717) is 0 Å². The molecular weight excluding hydrogens is 202 g/mol. The van der Waals surface area contributed by atoms with E-state index < -0.39 is 0 Å². The first-order valence-electron chi connectivity index (χ1n) is 5.10. The minimum atomic E-state index is 0.931. The van der Waals surface area contributed by atoms with E-state index in [4.69, 9.17) is 0 Å². The van der Waals surface area contributed by atoms with Gasteiger partial charge in [0.25, 0.3) is 0 Å². The topological polar surface area (TPSA) is 12.4 Å². The second-order valence-electron chi connectivity index (χ2n) is 3.68. The van der Waals surface area contributed by atoms with Crippen molar-refractivity contribution in [1.29, 1.82) is 0 Å². The van der Waals surface area contributed by atoms with E-state index in [1.165, 1.54) is 21.6 Å². The number of aliphatic imine (C=N–C) groups is 1. The van der Waals surface area contributed by atoms with Gasteiger partial charge in [0.2, 0.25) is 0 Å². The summed E-state index contributed by atoms with van der Waals surface area (Å²) in [5.74, 6) is 0. The van der Waals surface area contributed by atoms with Crippen molar-refractivity contribution in [2.45, 2.75) is 6.42 Å². The highest BCUT2D eigenvalue weighted by atomic mass is 32.1.